The van der Waals surface area contributed by atoms with E-state index in [4.69, 9.17) is 11.6 Å². The van der Waals surface area contributed by atoms with Crippen LogP contribution in [0.5, 0.6) is 0 Å². The molecule has 40 heavy (non-hydrogen) atoms. The molecule has 2 N–H and O–H groups in total. The standard InChI is InChI=1S/C25H25ClF5N5O4/c1-12(33-22(40)24(27,28)25(29,30)31)19(37)35(2)18(7-13-3-4-13)20(38)36-11-23(9-15(36)10-32)16-8-14(26)5-6-17(16)34-21(23)39/h5-6,8,12-13,15,18H,3-4,7,9,11H2,1-2H3,(H,33,40)(H,34,39)/t12-,15-,18-,23-/m0/s1. The topological polar surface area (TPSA) is 123 Å². The van der Waals surface area contributed by atoms with E-state index in [0.717, 1.165) is 24.7 Å². The zero-order valence-electron chi connectivity index (χ0n) is 21.3. The van der Waals surface area contributed by atoms with Crippen molar-refractivity contribution in [1.82, 2.24) is 15.1 Å². The molecule has 1 aromatic carbocycles. The highest BCUT2D eigenvalue weighted by molar-refractivity contribution is 6.31. The molecule has 1 saturated heterocycles. The van der Waals surface area contributed by atoms with Crippen LogP contribution in [-0.4, -0.2) is 77.2 Å². The molecule has 1 aliphatic carbocycles. The fourth-order valence-electron chi connectivity index (χ4n) is 5.22. The number of amides is 4. The Balaban J connectivity index is 1.57. The summed E-state index contributed by atoms with van der Waals surface area (Å²) in [6.07, 6.45) is -4.58. The third kappa shape index (κ3) is 5.07. The molecule has 0 aromatic heterocycles. The Morgan fingerprint density at radius 1 is 1.27 bits per heavy atom. The lowest BCUT2D eigenvalue weighted by Gasteiger charge is -2.34. The van der Waals surface area contributed by atoms with Crippen molar-refractivity contribution >= 4 is 40.9 Å². The van der Waals surface area contributed by atoms with E-state index in [9.17, 15) is 46.4 Å². The minimum absolute atomic E-state index is 0.0371. The number of rotatable bonds is 7. The van der Waals surface area contributed by atoms with Crippen LogP contribution in [0.15, 0.2) is 18.2 Å². The van der Waals surface area contributed by atoms with Crippen molar-refractivity contribution in [2.24, 2.45) is 5.92 Å². The molecule has 0 unspecified atom stereocenters. The second-order valence-electron chi connectivity index (χ2n) is 10.5. The smallest absolute Gasteiger partial charge is 0.339 e. The Labute approximate surface area is 230 Å². The van der Waals surface area contributed by atoms with Gasteiger partial charge in [0.1, 0.15) is 18.1 Å². The zero-order valence-corrected chi connectivity index (χ0v) is 22.1. The van der Waals surface area contributed by atoms with E-state index in [1.165, 1.54) is 17.3 Å². The van der Waals surface area contributed by atoms with Crippen LogP contribution in [0.25, 0.3) is 0 Å². The monoisotopic (exact) mass is 589 g/mol. The number of anilines is 1. The summed E-state index contributed by atoms with van der Waals surface area (Å²) in [5, 5.41) is 14.3. The third-order valence-electron chi connectivity index (χ3n) is 7.68. The summed E-state index contributed by atoms with van der Waals surface area (Å²) in [6.45, 7) is 0.727. The van der Waals surface area contributed by atoms with Gasteiger partial charge in [-0.3, -0.25) is 19.2 Å². The van der Waals surface area contributed by atoms with E-state index in [1.807, 2.05) is 6.07 Å². The summed E-state index contributed by atoms with van der Waals surface area (Å²) < 4.78 is 64.5. The molecule has 1 aromatic rings. The minimum atomic E-state index is -6.16. The van der Waals surface area contributed by atoms with Crippen LogP contribution >= 0.6 is 11.6 Å². The van der Waals surface area contributed by atoms with Crippen molar-refractivity contribution in [2.75, 3.05) is 18.9 Å². The number of nitriles is 1. The Hall–Kier alpha value is -3.47. The lowest BCUT2D eigenvalue weighted by Crippen LogP contribution is -2.58. The van der Waals surface area contributed by atoms with E-state index in [-0.39, 0.29) is 25.3 Å². The first-order chi connectivity index (χ1) is 18.5. The second kappa shape index (κ2) is 10.2. The fourth-order valence-corrected chi connectivity index (χ4v) is 5.39. The summed E-state index contributed by atoms with van der Waals surface area (Å²) in [5.41, 5.74) is -0.263. The molecule has 4 rings (SSSR count). The number of carbonyl (C=O) groups excluding carboxylic acids is 4. The van der Waals surface area contributed by atoms with Crippen molar-refractivity contribution in [3.05, 3.63) is 28.8 Å². The van der Waals surface area contributed by atoms with Gasteiger partial charge in [0.25, 0.3) is 0 Å². The van der Waals surface area contributed by atoms with Gasteiger partial charge in [0.2, 0.25) is 17.7 Å². The Bertz CT molecular complexity index is 1300. The van der Waals surface area contributed by atoms with E-state index < -0.39 is 59.3 Å². The molecule has 1 saturated carbocycles. The number of nitrogens with one attached hydrogen (secondary N) is 2. The Kier molecular flexibility index (Phi) is 7.51. The first kappa shape index (κ1) is 29.5. The molecular weight excluding hydrogens is 565 g/mol. The highest BCUT2D eigenvalue weighted by Crippen LogP contribution is 2.47. The van der Waals surface area contributed by atoms with Crippen LogP contribution < -0.4 is 10.6 Å². The van der Waals surface area contributed by atoms with Gasteiger partial charge in [-0.15, -0.1) is 0 Å². The molecule has 15 heteroatoms. The molecule has 2 fully saturated rings. The maximum absolute atomic E-state index is 13.9. The second-order valence-corrected chi connectivity index (χ2v) is 10.9. The van der Waals surface area contributed by atoms with E-state index in [1.54, 1.807) is 18.2 Å². The van der Waals surface area contributed by atoms with E-state index in [0.29, 0.717) is 16.3 Å². The van der Waals surface area contributed by atoms with E-state index in [2.05, 4.69) is 5.32 Å². The highest BCUT2D eigenvalue weighted by atomic mass is 35.5. The van der Waals surface area contributed by atoms with Crippen LogP contribution in [0.3, 0.4) is 0 Å². The number of hydrogen-bond donors (Lipinski definition) is 2. The highest BCUT2D eigenvalue weighted by Gasteiger charge is 2.64. The summed E-state index contributed by atoms with van der Waals surface area (Å²) in [5.74, 6) is -10.6. The maximum Gasteiger partial charge on any atom is 0.463 e. The van der Waals surface area contributed by atoms with Crippen molar-refractivity contribution < 1.29 is 41.1 Å². The van der Waals surface area contributed by atoms with Gasteiger partial charge in [0.15, 0.2) is 0 Å². The van der Waals surface area contributed by atoms with Crippen molar-refractivity contribution in [3.8, 4) is 6.07 Å². The predicted molar refractivity (Wildman–Crippen MR) is 130 cm³/mol. The molecule has 4 atom stereocenters. The summed E-state index contributed by atoms with van der Waals surface area (Å²) in [7, 11) is 1.17. The number of likely N-dealkylation sites (N-methyl/N-ethyl adjacent to an activating group) is 1. The molecule has 0 bridgehead atoms. The molecule has 9 nitrogen and oxygen atoms in total. The SMILES string of the molecule is C[C@H](NC(=O)C(F)(F)C(F)(F)F)C(=O)N(C)[C@@H](CC1CC1)C(=O)N1C[C@]2(C[C@H]1C#N)C(=O)Nc1ccc(Cl)cc12. The van der Waals surface area contributed by atoms with Gasteiger partial charge >= 0.3 is 18.0 Å². The van der Waals surface area contributed by atoms with Gasteiger partial charge in [0.05, 0.1) is 11.5 Å². The Morgan fingerprint density at radius 3 is 2.50 bits per heavy atom. The first-order valence-corrected chi connectivity index (χ1v) is 12.7. The summed E-state index contributed by atoms with van der Waals surface area (Å²) >= 11 is 6.14. The number of hydrogen-bond acceptors (Lipinski definition) is 5. The van der Waals surface area contributed by atoms with E-state index >= 15 is 0 Å². The number of alkyl halides is 5. The van der Waals surface area contributed by atoms with Crippen molar-refractivity contribution in [1.29, 1.82) is 5.26 Å². The number of benzene rings is 1. The normalized spacial score (nSPS) is 23.7. The zero-order chi connectivity index (χ0) is 29.8. The first-order valence-electron chi connectivity index (χ1n) is 12.4. The average Bonchev–Trinajstić information content (AvgIpc) is 3.56. The molecule has 2 aliphatic heterocycles. The van der Waals surface area contributed by atoms with Crippen molar-refractivity contribution in [2.45, 2.75) is 68.2 Å². The summed E-state index contributed by atoms with van der Waals surface area (Å²) in [6, 6.07) is 2.68. The van der Waals surface area contributed by atoms with Gasteiger partial charge < -0.3 is 20.4 Å². The van der Waals surface area contributed by atoms with Gasteiger partial charge in [-0.2, -0.15) is 27.2 Å². The molecule has 1 spiro atoms. The third-order valence-corrected chi connectivity index (χ3v) is 7.92. The van der Waals surface area contributed by atoms with Crippen molar-refractivity contribution in [3.63, 3.8) is 0 Å². The lowest BCUT2D eigenvalue weighted by molar-refractivity contribution is -0.270. The predicted octanol–water partition coefficient (Wildman–Crippen LogP) is 2.98. The Morgan fingerprint density at radius 2 is 1.93 bits per heavy atom. The molecular formula is C25H25ClF5N5O4. The minimum Gasteiger partial charge on any atom is -0.339 e. The van der Waals surface area contributed by atoms with Crippen LogP contribution in [0.2, 0.25) is 5.02 Å². The quantitative estimate of drug-likeness (QED) is 0.474. The van der Waals surface area contributed by atoms with Gasteiger partial charge in [0, 0.05) is 30.7 Å². The molecule has 0 radical (unpaired) electrons. The molecule has 2 heterocycles. The maximum atomic E-state index is 13.9. The number of nitrogens with zero attached hydrogens (tertiary/aromatic N) is 3. The number of carbonyl (C=O) groups is 4. The molecule has 3 aliphatic rings. The molecule has 4 amide bonds. The van der Waals surface area contributed by atoms with Crippen LogP contribution in [0.4, 0.5) is 27.6 Å². The number of likely N-dealkylation sites (tertiary alicyclic amines) is 1. The largest absolute Gasteiger partial charge is 0.463 e. The average molecular weight is 590 g/mol. The molecule has 216 valence electrons. The van der Waals surface area contributed by atoms with Crippen LogP contribution in [-0.2, 0) is 24.6 Å². The summed E-state index contributed by atoms with van der Waals surface area (Å²) in [4.78, 5) is 53.7. The van der Waals surface area contributed by atoms with Gasteiger partial charge in [-0.25, -0.2) is 0 Å². The number of halogens is 6. The van der Waals surface area contributed by atoms with Crippen LogP contribution in [0.1, 0.15) is 38.2 Å². The fraction of sp³-hybridized carbons (Fsp3) is 0.560. The number of fused-ring (bicyclic) bond motifs is 2. The van der Waals surface area contributed by atoms with Gasteiger partial charge in [-0.05, 0) is 43.0 Å². The van der Waals surface area contributed by atoms with Gasteiger partial charge in [-0.1, -0.05) is 24.4 Å². The van der Waals surface area contributed by atoms with Crippen LogP contribution in [0, 0.1) is 17.2 Å². The lowest BCUT2D eigenvalue weighted by atomic mass is 9.80.